The minimum absolute atomic E-state index is 0.237. The zero-order chi connectivity index (χ0) is 12.3. The molecule has 0 aliphatic rings. The molecule has 0 radical (unpaired) electrons. The number of carbonyl (C=O) groups excluding carboxylic acids is 1. The van der Waals surface area contributed by atoms with Gasteiger partial charge in [-0.05, 0) is 18.6 Å². The molecule has 2 N–H and O–H groups in total. The van der Waals surface area contributed by atoms with Gasteiger partial charge in [-0.25, -0.2) is 0 Å². The summed E-state index contributed by atoms with van der Waals surface area (Å²) in [6.07, 6.45) is 1.93. The summed E-state index contributed by atoms with van der Waals surface area (Å²) < 4.78 is 0. The number of rotatable bonds is 3. The molecule has 0 saturated heterocycles. The van der Waals surface area contributed by atoms with Crippen LogP contribution in [0.25, 0.3) is 11.3 Å². The number of primary amides is 1. The van der Waals surface area contributed by atoms with Gasteiger partial charge in [0.05, 0.1) is 12.1 Å². The molecule has 0 spiro atoms. The summed E-state index contributed by atoms with van der Waals surface area (Å²) in [5.41, 5.74) is 9.16. The van der Waals surface area contributed by atoms with E-state index < -0.39 is 0 Å². The van der Waals surface area contributed by atoms with Crippen molar-refractivity contribution in [1.82, 2.24) is 4.98 Å². The third-order valence-electron chi connectivity index (χ3n) is 2.55. The van der Waals surface area contributed by atoms with Crippen LogP contribution < -0.4 is 5.73 Å². The summed E-state index contributed by atoms with van der Waals surface area (Å²) in [6, 6.07) is 12.0. The Morgan fingerprint density at radius 2 is 1.88 bits per heavy atom. The third kappa shape index (κ3) is 2.91. The topological polar surface area (TPSA) is 56.0 Å². The Morgan fingerprint density at radius 3 is 2.41 bits per heavy atom. The molecule has 1 heterocycles. The lowest BCUT2D eigenvalue weighted by Gasteiger charge is -2.03. The smallest absolute Gasteiger partial charge is 0.221 e. The van der Waals surface area contributed by atoms with Gasteiger partial charge in [0.15, 0.2) is 0 Å². The fourth-order valence-electron chi connectivity index (χ4n) is 1.63. The standard InChI is InChI=1S/C14H14N2O/c1-10-2-5-12(6-3-10)13-7-4-11(9-16-13)8-14(15)17/h2-7,9H,8H2,1H3,(H2,15,17). The van der Waals surface area contributed by atoms with E-state index in [1.54, 1.807) is 6.20 Å². The van der Waals surface area contributed by atoms with E-state index in [4.69, 9.17) is 5.73 Å². The van der Waals surface area contributed by atoms with Crippen molar-refractivity contribution < 1.29 is 4.79 Å². The average molecular weight is 226 g/mol. The van der Waals surface area contributed by atoms with Gasteiger partial charge in [-0.15, -0.1) is 0 Å². The van der Waals surface area contributed by atoms with Gasteiger partial charge >= 0.3 is 0 Å². The molecule has 17 heavy (non-hydrogen) atoms. The maximum atomic E-state index is 10.8. The molecule has 86 valence electrons. The Bertz CT molecular complexity index is 515. The molecule has 2 aromatic rings. The fraction of sp³-hybridized carbons (Fsp3) is 0.143. The maximum absolute atomic E-state index is 10.8. The van der Waals surface area contributed by atoms with E-state index >= 15 is 0 Å². The second-order valence-electron chi connectivity index (χ2n) is 4.06. The van der Waals surface area contributed by atoms with Crippen LogP contribution in [0.1, 0.15) is 11.1 Å². The van der Waals surface area contributed by atoms with E-state index in [0.717, 1.165) is 16.8 Å². The lowest BCUT2D eigenvalue weighted by Crippen LogP contribution is -2.13. The highest BCUT2D eigenvalue weighted by molar-refractivity contribution is 5.76. The van der Waals surface area contributed by atoms with Gasteiger partial charge in [0.25, 0.3) is 0 Å². The van der Waals surface area contributed by atoms with Gasteiger partial charge in [0.2, 0.25) is 5.91 Å². The summed E-state index contributed by atoms with van der Waals surface area (Å²) in [6.45, 7) is 2.05. The number of hydrogen-bond donors (Lipinski definition) is 1. The van der Waals surface area contributed by atoms with Crippen LogP contribution in [0.4, 0.5) is 0 Å². The van der Waals surface area contributed by atoms with Gasteiger partial charge < -0.3 is 5.73 Å². The van der Waals surface area contributed by atoms with Crippen molar-refractivity contribution in [3.63, 3.8) is 0 Å². The lowest BCUT2D eigenvalue weighted by molar-refractivity contribution is -0.117. The highest BCUT2D eigenvalue weighted by atomic mass is 16.1. The van der Waals surface area contributed by atoms with Gasteiger partial charge in [-0.2, -0.15) is 0 Å². The SMILES string of the molecule is Cc1ccc(-c2ccc(CC(N)=O)cn2)cc1. The quantitative estimate of drug-likeness (QED) is 0.871. The second kappa shape index (κ2) is 4.78. The van der Waals surface area contributed by atoms with Crippen LogP contribution in [-0.4, -0.2) is 10.9 Å². The minimum Gasteiger partial charge on any atom is -0.369 e. The number of aryl methyl sites for hydroxylation is 1. The molecule has 0 saturated carbocycles. The number of nitrogens with two attached hydrogens (primary N) is 1. The molecular weight excluding hydrogens is 212 g/mol. The minimum atomic E-state index is -0.338. The Hall–Kier alpha value is -2.16. The summed E-state index contributed by atoms with van der Waals surface area (Å²) >= 11 is 0. The van der Waals surface area contributed by atoms with Crippen LogP contribution in [0.3, 0.4) is 0 Å². The molecule has 3 nitrogen and oxygen atoms in total. The summed E-state index contributed by atoms with van der Waals surface area (Å²) in [7, 11) is 0. The predicted molar refractivity (Wildman–Crippen MR) is 67.3 cm³/mol. The van der Waals surface area contributed by atoms with Gasteiger partial charge in [0, 0.05) is 11.8 Å². The molecule has 0 bridgehead atoms. The van der Waals surface area contributed by atoms with Crippen molar-refractivity contribution in [3.05, 3.63) is 53.7 Å². The summed E-state index contributed by atoms with van der Waals surface area (Å²) in [5, 5.41) is 0. The number of aromatic nitrogens is 1. The average Bonchev–Trinajstić information content (AvgIpc) is 2.30. The molecule has 0 aliphatic heterocycles. The first kappa shape index (κ1) is 11.3. The lowest BCUT2D eigenvalue weighted by atomic mass is 10.1. The molecule has 3 heteroatoms. The normalized spacial score (nSPS) is 10.2. The molecule has 0 unspecified atom stereocenters. The first-order valence-corrected chi connectivity index (χ1v) is 5.45. The molecule has 1 amide bonds. The predicted octanol–water partition coefficient (Wildman–Crippen LogP) is 2.08. The number of carbonyl (C=O) groups is 1. The van der Waals surface area contributed by atoms with Crippen LogP contribution in [0, 0.1) is 6.92 Å². The number of hydrogen-bond acceptors (Lipinski definition) is 2. The maximum Gasteiger partial charge on any atom is 0.221 e. The monoisotopic (exact) mass is 226 g/mol. The van der Waals surface area contributed by atoms with Crippen molar-refractivity contribution in [2.45, 2.75) is 13.3 Å². The first-order chi connectivity index (χ1) is 8.15. The number of benzene rings is 1. The summed E-state index contributed by atoms with van der Waals surface area (Å²) in [5.74, 6) is -0.338. The highest BCUT2D eigenvalue weighted by Crippen LogP contribution is 2.17. The molecule has 2 rings (SSSR count). The molecule has 0 aliphatic carbocycles. The molecule has 1 aromatic heterocycles. The van der Waals surface area contributed by atoms with E-state index in [0.29, 0.717) is 0 Å². The third-order valence-corrected chi connectivity index (χ3v) is 2.55. The van der Waals surface area contributed by atoms with E-state index in [1.165, 1.54) is 5.56 Å². The highest BCUT2D eigenvalue weighted by Gasteiger charge is 2.01. The van der Waals surface area contributed by atoms with Crippen LogP contribution in [-0.2, 0) is 11.2 Å². The zero-order valence-electron chi connectivity index (χ0n) is 9.68. The van der Waals surface area contributed by atoms with Gasteiger partial charge in [-0.3, -0.25) is 9.78 Å². The van der Waals surface area contributed by atoms with Crippen molar-refractivity contribution in [3.8, 4) is 11.3 Å². The van der Waals surface area contributed by atoms with Crippen LogP contribution in [0.15, 0.2) is 42.6 Å². The number of amides is 1. The van der Waals surface area contributed by atoms with E-state index in [-0.39, 0.29) is 12.3 Å². The Balaban J connectivity index is 2.23. The molecule has 0 fully saturated rings. The second-order valence-corrected chi connectivity index (χ2v) is 4.06. The van der Waals surface area contributed by atoms with Gasteiger partial charge in [-0.1, -0.05) is 35.9 Å². The van der Waals surface area contributed by atoms with E-state index in [9.17, 15) is 4.79 Å². The Kier molecular flexibility index (Phi) is 3.19. The van der Waals surface area contributed by atoms with Gasteiger partial charge in [0.1, 0.15) is 0 Å². The fourth-order valence-corrected chi connectivity index (χ4v) is 1.63. The van der Waals surface area contributed by atoms with Crippen LogP contribution in [0.2, 0.25) is 0 Å². The largest absolute Gasteiger partial charge is 0.369 e. The molecular formula is C14H14N2O. The van der Waals surface area contributed by atoms with E-state index in [2.05, 4.69) is 4.98 Å². The van der Waals surface area contributed by atoms with E-state index in [1.807, 2.05) is 43.3 Å². The van der Waals surface area contributed by atoms with Crippen molar-refractivity contribution in [1.29, 1.82) is 0 Å². The van der Waals surface area contributed by atoms with Crippen LogP contribution in [0.5, 0.6) is 0 Å². The van der Waals surface area contributed by atoms with Crippen molar-refractivity contribution >= 4 is 5.91 Å². The first-order valence-electron chi connectivity index (χ1n) is 5.45. The zero-order valence-corrected chi connectivity index (χ0v) is 9.68. The Morgan fingerprint density at radius 1 is 1.18 bits per heavy atom. The molecule has 0 atom stereocenters. The molecule has 1 aromatic carbocycles. The number of pyridine rings is 1. The Labute approximate surface area is 100 Å². The van der Waals surface area contributed by atoms with Crippen molar-refractivity contribution in [2.75, 3.05) is 0 Å². The van der Waals surface area contributed by atoms with Crippen molar-refractivity contribution in [2.24, 2.45) is 5.73 Å². The number of nitrogens with zero attached hydrogens (tertiary/aromatic N) is 1. The summed E-state index contributed by atoms with van der Waals surface area (Å²) in [4.78, 5) is 15.1. The van der Waals surface area contributed by atoms with Crippen LogP contribution >= 0.6 is 0 Å².